The van der Waals surface area contributed by atoms with Crippen LogP contribution in [0, 0.1) is 6.92 Å². The van der Waals surface area contributed by atoms with Crippen molar-refractivity contribution >= 4 is 22.4 Å². The van der Waals surface area contributed by atoms with Crippen LogP contribution in [0.5, 0.6) is 0 Å². The zero-order chi connectivity index (χ0) is 14.7. The largest absolute Gasteiger partial charge is 0.366 e. The number of aromatic nitrogens is 1. The second-order valence-electron chi connectivity index (χ2n) is 5.11. The lowest BCUT2D eigenvalue weighted by Gasteiger charge is -2.31. The van der Waals surface area contributed by atoms with E-state index in [1.165, 1.54) is 4.88 Å². The number of amides is 1. The molecule has 1 aromatic heterocycles. The van der Waals surface area contributed by atoms with Crippen molar-refractivity contribution < 1.29 is 9.53 Å². The van der Waals surface area contributed by atoms with Gasteiger partial charge in [0.05, 0.1) is 12.3 Å². The van der Waals surface area contributed by atoms with Gasteiger partial charge in [0, 0.05) is 45.7 Å². The van der Waals surface area contributed by atoms with Crippen LogP contribution in [0.15, 0.2) is 0 Å². The van der Waals surface area contributed by atoms with Crippen LogP contribution in [0.25, 0.3) is 0 Å². The molecule has 0 unspecified atom stereocenters. The summed E-state index contributed by atoms with van der Waals surface area (Å²) in [5, 5.41) is 3.66. The van der Waals surface area contributed by atoms with Crippen LogP contribution >= 0.6 is 11.3 Å². The molecule has 1 amide bonds. The minimum atomic E-state index is -0.365. The Morgan fingerprint density at radius 3 is 2.95 bits per heavy atom. The van der Waals surface area contributed by atoms with Gasteiger partial charge in [-0.1, -0.05) is 0 Å². The van der Waals surface area contributed by atoms with E-state index in [0.29, 0.717) is 13.2 Å². The smallest absolute Gasteiger partial charge is 0.250 e. The number of morpholine rings is 1. The van der Waals surface area contributed by atoms with E-state index in [1.807, 2.05) is 25.9 Å². The van der Waals surface area contributed by atoms with Gasteiger partial charge in [0.2, 0.25) is 5.91 Å². The van der Waals surface area contributed by atoms with Crippen molar-refractivity contribution in [2.24, 2.45) is 0 Å². The first kappa shape index (κ1) is 15.2. The summed E-state index contributed by atoms with van der Waals surface area (Å²) < 4.78 is 5.50. The predicted octanol–water partition coefficient (Wildman–Crippen LogP) is 0.464. The lowest BCUT2D eigenvalue weighted by Crippen LogP contribution is -2.48. The van der Waals surface area contributed by atoms with E-state index in [0.717, 1.165) is 23.9 Å². The Bertz CT molecular complexity index is 475. The number of anilines is 1. The maximum atomic E-state index is 11.6. The van der Waals surface area contributed by atoms with Crippen LogP contribution in [0.3, 0.4) is 0 Å². The summed E-state index contributed by atoms with van der Waals surface area (Å²) in [5.74, 6) is -0.0512. The summed E-state index contributed by atoms with van der Waals surface area (Å²) in [7, 11) is 5.64. The highest BCUT2D eigenvalue weighted by Gasteiger charge is 2.26. The lowest BCUT2D eigenvalue weighted by molar-refractivity contribution is -0.138. The summed E-state index contributed by atoms with van der Waals surface area (Å²) in [6.07, 6.45) is -0.365. The van der Waals surface area contributed by atoms with Crippen LogP contribution in [-0.2, 0) is 16.1 Å². The Morgan fingerprint density at radius 2 is 2.35 bits per heavy atom. The number of hydrogen-bond acceptors (Lipinski definition) is 6. The number of ether oxygens (including phenoxy) is 1. The van der Waals surface area contributed by atoms with Crippen molar-refractivity contribution in [3.05, 3.63) is 10.6 Å². The Balaban J connectivity index is 2.00. The average molecular weight is 298 g/mol. The molecule has 1 N–H and O–H groups in total. The number of rotatable bonds is 4. The third-order valence-corrected chi connectivity index (χ3v) is 4.63. The fourth-order valence-corrected chi connectivity index (χ4v) is 3.15. The van der Waals surface area contributed by atoms with Crippen LogP contribution in [0.2, 0.25) is 0 Å². The molecule has 6 nitrogen and oxygen atoms in total. The Hall–Kier alpha value is -1.18. The van der Waals surface area contributed by atoms with Crippen LogP contribution in [0.1, 0.15) is 10.6 Å². The molecule has 1 aliphatic heterocycles. The molecular weight excluding hydrogens is 276 g/mol. The molecule has 0 saturated carbocycles. The highest BCUT2D eigenvalue weighted by Crippen LogP contribution is 2.26. The monoisotopic (exact) mass is 298 g/mol. The van der Waals surface area contributed by atoms with Crippen LogP contribution in [-0.4, -0.2) is 62.7 Å². The van der Waals surface area contributed by atoms with Gasteiger partial charge in [-0.25, -0.2) is 4.98 Å². The fraction of sp³-hybridized carbons (Fsp3) is 0.692. The number of likely N-dealkylation sites (N-methyl/N-ethyl adjacent to an activating group) is 1. The molecule has 7 heteroatoms. The summed E-state index contributed by atoms with van der Waals surface area (Å²) >= 11 is 1.71. The summed E-state index contributed by atoms with van der Waals surface area (Å²) in [6, 6.07) is 0. The van der Waals surface area contributed by atoms with E-state index in [4.69, 9.17) is 4.74 Å². The molecular formula is C13H22N4O2S. The van der Waals surface area contributed by atoms with Crippen molar-refractivity contribution in [1.29, 1.82) is 0 Å². The Kier molecular flexibility index (Phi) is 4.95. The molecule has 0 aliphatic carbocycles. The predicted molar refractivity (Wildman–Crippen MR) is 80.3 cm³/mol. The van der Waals surface area contributed by atoms with E-state index in [-0.39, 0.29) is 12.0 Å². The summed E-state index contributed by atoms with van der Waals surface area (Å²) in [5.41, 5.74) is 1.07. The quantitative estimate of drug-likeness (QED) is 0.875. The number of hydrogen-bond donors (Lipinski definition) is 1. The maximum Gasteiger partial charge on any atom is 0.250 e. The third-order valence-electron chi connectivity index (χ3n) is 3.32. The van der Waals surface area contributed by atoms with E-state index >= 15 is 0 Å². The number of carbonyl (C=O) groups is 1. The first-order chi connectivity index (χ1) is 9.51. The fourth-order valence-electron chi connectivity index (χ4n) is 2.12. The number of carbonyl (C=O) groups excluding carboxylic acids is 1. The molecule has 1 atom stereocenters. The van der Waals surface area contributed by atoms with Gasteiger partial charge in [-0.2, -0.15) is 0 Å². The topological polar surface area (TPSA) is 57.7 Å². The maximum absolute atomic E-state index is 11.6. The second-order valence-corrected chi connectivity index (χ2v) is 6.17. The van der Waals surface area contributed by atoms with Crippen molar-refractivity contribution in [2.75, 3.05) is 45.7 Å². The number of aryl methyl sites for hydroxylation is 1. The number of nitrogens with zero attached hydrogens (tertiary/aromatic N) is 3. The van der Waals surface area contributed by atoms with Gasteiger partial charge in [-0.15, -0.1) is 11.3 Å². The van der Waals surface area contributed by atoms with Gasteiger partial charge in [0.15, 0.2) is 5.13 Å². The minimum absolute atomic E-state index is 0.0512. The molecule has 0 bridgehead atoms. The van der Waals surface area contributed by atoms with Crippen molar-refractivity contribution in [2.45, 2.75) is 19.6 Å². The van der Waals surface area contributed by atoms with Gasteiger partial charge >= 0.3 is 0 Å². The molecule has 1 aromatic rings. The van der Waals surface area contributed by atoms with E-state index < -0.39 is 0 Å². The van der Waals surface area contributed by atoms with E-state index in [9.17, 15) is 4.79 Å². The van der Waals surface area contributed by atoms with E-state index in [1.54, 1.807) is 18.4 Å². The molecule has 1 saturated heterocycles. The summed E-state index contributed by atoms with van der Waals surface area (Å²) in [4.78, 5) is 21.7. The van der Waals surface area contributed by atoms with Crippen LogP contribution < -0.4 is 10.2 Å². The van der Waals surface area contributed by atoms with Gasteiger partial charge in [-0.3, -0.25) is 9.69 Å². The molecule has 20 heavy (non-hydrogen) atoms. The Morgan fingerprint density at radius 1 is 1.60 bits per heavy atom. The zero-order valence-corrected chi connectivity index (χ0v) is 13.3. The highest BCUT2D eigenvalue weighted by molar-refractivity contribution is 7.15. The molecule has 0 spiro atoms. The highest BCUT2D eigenvalue weighted by atomic mass is 32.1. The first-order valence-electron chi connectivity index (χ1n) is 6.70. The number of nitrogens with one attached hydrogen (secondary N) is 1. The molecule has 2 rings (SSSR count). The lowest BCUT2D eigenvalue weighted by atomic mass is 10.2. The molecule has 0 radical (unpaired) electrons. The second kappa shape index (κ2) is 6.51. The zero-order valence-electron chi connectivity index (χ0n) is 12.5. The molecule has 0 aromatic carbocycles. The standard InChI is InChI=1S/C13H22N4O2S/c1-9-11(20-13(15-9)16(3)4)8-17-5-6-19-10(7-17)12(18)14-2/h10H,5-8H2,1-4H3,(H,14,18)/t10-/m0/s1. The molecule has 2 heterocycles. The minimum Gasteiger partial charge on any atom is -0.366 e. The Labute approximate surface area is 123 Å². The van der Waals surface area contributed by atoms with Gasteiger partial charge in [0.1, 0.15) is 6.10 Å². The SMILES string of the molecule is CNC(=O)[C@@H]1CN(Cc2sc(N(C)C)nc2C)CCO1. The normalized spacial score (nSPS) is 19.9. The molecule has 1 fully saturated rings. The van der Waals surface area contributed by atoms with E-state index in [2.05, 4.69) is 15.2 Å². The first-order valence-corrected chi connectivity index (χ1v) is 7.52. The summed E-state index contributed by atoms with van der Waals surface area (Å²) in [6.45, 7) is 4.94. The molecule has 1 aliphatic rings. The van der Waals surface area contributed by atoms with Gasteiger partial charge in [0.25, 0.3) is 0 Å². The third kappa shape index (κ3) is 3.47. The van der Waals surface area contributed by atoms with Crippen molar-refractivity contribution in [3.8, 4) is 0 Å². The number of thiazole rings is 1. The average Bonchev–Trinajstić information content (AvgIpc) is 2.80. The van der Waals surface area contributed by atoms with Gasteiger partial charge < -0.3 is 15.0 Å². The van der Waals surface area contributed by atoms with Crippen molar-refractivity contribution in [3.63, 3.8) is 0 Å². The van der Waals surface area contributed by atoms with Crippen molar-refractivity contribution in [1.82, 2.24) is 15.2 Å². The molecule has 112 valence electrons. The van der Waals surface area contributed by atoms with Gasteiger partial charge in [-0.05, 0) is 6.92 Å². The van der Waals surface area contributed by atoms with Crippen LogP contribution in [0.4, 0.5) is 5.13 Å².